The Kier molecular flexibility index (Phi) is 7.79. The number of amides is 2. The van der Waals surface area contributed by atoms with Crippen molar-refractivity contribution in [2.45, 2.75) is 12.6 Å². The molecule has 0 spiro atoms. The van der Waals surface area contributed by atoms with Gasteiger partial charge in [-0.25, -0.2) is 19.9 Å². The van der Waals surface area contributed by atoms with Crippen molar-refractivity contribution in [1.29, 1.82) is 0 Å². The molecule has 1 fully saturated rings. The van der Waals surface area contributed by atoms with Crippen LogP contribution < -0.4 is 10.2 Å². The molecule has 1 aliphatic rings. The number of esters is 1. The van der Waals surface area contributed by atoms with E-state index >= 15 is 0 Å². The largest absolute Gasteiger partial charge is 0.469 e. The highest BCUT2D eigenvalue weighted by atomic mass is 19.4. The van der Waals surface area contributed by atoms with E-state index in [1.54, 1.807) is 9.80 Å². The number of halogens is 3. The lowest BCUT2D eigenvalue weighted by atomic mass is 10.1. The predicted molar refractivity (Wildman–Crippen MR) is 127 cm³/mol. The minimum Gasteiger partial charge on any atom is -0.469 e. The van der Waals surface area contributed by atoms with Crippen molar-refractivity contribution in [3.63, 3.8) is 0 Å². The van der Waals surface area contributed by atoms with Gasteiger partial charge in [-0.1, -0.05) is 0 Å². The van der Waals surface area contributed by atoms with Gasteiger partial charge in [-0.05, 0) is 30.3 Å². The Hall–Kier alpha value is -4.62. The number of nitrogens with zero attached hydrogens (tertiary/aromatic N) is 6. The highest BCUT2D eigenvalue weighted by Crippen LogP contribution is 2.30. The Balaban J connectivity index is 1.51. The average molecular weight is 529 g/mol. The first kappa shape index (κ1) is 26.4. The summed E-state index contributed by atoms with van der Waals surface area (Å²) < 4.78 is 43.2. The molecule has 2 amide bonds. The maximum absolute atomic E-state index is 13.1. The van der Waals surface area contributed by atoms with E-state index in [0.29, 0.717) is 26.2 Å². The van der Waals surface area contributed by atoms with Gasteiger partial charge in [0.05, 0.1) is 19.1 Å². The summed E-state index contributed by atoms with van der Waals surface area (Å²) in [6.45, 7) is 1.44. The number of hydrogen-bond acceptors (Lipinski definition) is 9. The summed E-state index contributed by atoms with van der Waals surface area (Å²) >= 11 is 0. The Labute approximate surface area is 214 Å². The molecule has 1 N–H and O–H groups in total. The van der Waals surface area contributed by atoms with Gasteiger partial charge in [0.15, 0.2) is 0 Å². The van der Waals surface area contributed by atoms with Crippen molar-refractivity contribution in [2.75, 3.05) is 43.5 Å². The number of carbonyl (C=O) groups excluding carboxylic acids is 3. The second-order valence-corrected chi connectivity index (χ2v) is 8.20. The summed E-state index contributed by atoms with van der Waals surface area (Å²) in [6.07, 6.45) is -0.684. The number of rotatable bonds is 6. The van der Waals surface area contributed by atoms with E-state index < -0.39 is 23.6 Å². The Morgan fingerprint density at radius 2 is 1.74 bits per heavy atom. The van der Waals surface area contributed by atoms with Gasteiger partial charge in [0.2, 0.25) is 5.95 Å². The van der Waals surface area contributed by atoms with Crippen LogP contribution in [-0.4, -0.2) is 75.9 Å². The zero-order valence-electron chi connectivity index (χ0n) is 20.1. The molecule has 0 unspecified atom stereocenters. The maximum atomic E-state index is 13.1. The number of hydrogen-bond donors (Lipinski definition) is 1. The van der Waals surface area contributed by atoms with Crippen LogP contribution in [0, 0.1) is 0 Å². The van der Waals surface area contributed by atoms with Crippen LogP contribution in [0.5, 0.6) is 0 Å². The van der Waals surface area contributed by atoms with Gasteiger partial charge in [0, 0.05) is 49.8 Å². The minimum atomic E-state index is -4.51. The van der Waals surface area contributed by atoms with E-state index in [2.05, 4.69) is 30.0 Å². The quantitative estimate of drug-likeness (QED) is 0.478. The molecular weight excluding hydrogens is 507 g/mol. The lowest BCUT2D eigenvalue weighted by Gasteiger charge is -2.34. The third kappa shape index (κ3) is 6.19. The first-order chi connectivity index (χ1) is 18.2. The van der Waals surface area contributed by atoms with Crippen molar-refractivity contribution < 1.29 is 32.3 Å². The number of piperazine rings is 1. The van der Waals surface area contributed by atoms with E-state index in [4.69, 9.17) is 0 Å². The monoisotopic (exact) mass is 529 g/mol. The molecule has 198 valence electrons. The van der Waals surface area contributed by atoms with Crippen LogP contribution in [0.3, 0.4) is 0 Å². The SMILES string of the molecule is COC(=O)Cc1cnc(N2CCN(C(=O)c3ccncn3)CC2)nc1C(=O)Nc1ccc(C(F)(F)F)cc1. The fourth-order valence-electron chi connectivity index (χ4n) is 3.73. The lowest BCUT2D eigenvalue weighted by Crippen LogP contribution is -2.49. The van der Waals surface area contributed by atoms with Gasteiger partial charge >= 0.3 is 12.1 Å². The third-order valence-electron chi connectivity index (χ3n) is 5.75. The van der Waals surface area contributed by atoms with Crippen LogP contribution in [0.2, 0.25) is 0 Å². The molecule has 0 saturated carbocycles. The van der Waals surface area contributed by atoms with Crippen LogP contribution in [0.25, 0.3) is 0 Å². The Bertz CT molecular complexity index is 1310. The van der Waals surface area contributed by atoms with Crippen molar-refractivity contribution in [3.8, 4) is 0 Å². The van der Waals surface area contributed by atoms with E-state index in [-0.39, 0.29) is 40.9 Å². The second kappa shape index (κ2) is 11.2. The van der Waals surface area contributed by atoms with Crippen molar-refractivity contribution in [1.82, 2.24) is 24.8 Å². The van der Waals surface area contributed by atoms with Crippen molar-refractivity contribution >= 4 is 29.4 Å². The van der Waals surface area contributed by atoms with Crippen LogP contribution in [0.15, 0.2) is 49.1 Å². The molecule has 3 heterocycles. The normalized spacial score (nSPS) is 13.7. The molecule has 1 aliphatic heterocycles. The predicted octanol–water partition coefficient (Wildman–Crippen LogP) is 2.22. The topological polar surface area (TPSA) is 131 Å². The molecule has 14 heteroatoms. The fraction of sp³-hybridized carbons (Fsp3) is 0.292. The molecule has 0 aliphatic carbocycles. The molecule has 4 rings (SSSR count). The number of ether oxygens (including phenoxy) is 1. The molecule has 1 aromatic carbocycles. The number of methoxy groups -OCH3 is 1. The molecule has 1 saturated heterocycles. The summed E-state index contributed by atoms with van der Waals surface area (Å²) in [6, 6.07) is 5.46. The van der Waals surface area contributed by atoms with Crippen molar-refractivity contribution in [3.05, 3.63) is 71.6 Å². The molecule has 2 aromatic heterocycles. The fourth-order valence-corrected chi connectivity index (χ4v) is 3.73. The molecule has 0 atom stereocenters. The van der Waals surface area contributed by atoms with Crippen LogP contribution >= 0.6 is 0 Å². The summed E-state index contributed by atoms with van der Waals surface area (Å²) in [5, 5.41) is 2.51. The van der Waals surface area contributed by atoms with Crippen LogP contribution in [-0.2, 0) is 22.1 Å². The Morgan fingerprint density at radius 3 is 2.34 bits per heavy atom. The second-order valence-electron chi connectivity index (χ2n) is 8.20. The summed E-state index contributed by atoms with van der Waals surface area (Å²) in [4.78, 5) is 57.4. The number of alkyl halides is 3. The van der Waals surface area contributed by atoms with Crippen LogP contribution in [0.4, 0.5) is 24.8 Å². The minimum absolute atomic E-state index is 0.115. The first-order valence-corrected chi connectivity index (χ1v) is 11.4. The highest BCUT2D eigenvalue weighted by molar-refractivity contribution is 6.04. The zero-order chi connectivity index (χ0) is 27.3. The van der Waals surface area contributed by atoms with E-state index in [0.717, 1.165) is 24.3 Å². The molecule has 0 bridgehead atoms. The molecule has 38 heavy (non-hydrogen) atoms. The van der Waals surface area contributed by atoms with Gasteiger partial charge in [0.25, 0.3) is 11.8 Å². The molecule has 11 nitrogen and oxygen atoms in total. The van der Waals surface area contributed by atoms with Gasteiger partial charge in [-0.15, -0.1) is 0 Å². The van der Waals surface area contributed by atoms with Crippen LogP contribution in [0.1, 0.15) is 32.1 Å². The summed E-state index contributed by atoms with van der Waals surface area (Å²) in [7, 11) is 1.20. The van der Waals surface area contributed by atoms with E-state index in [1.807, 2.05) is 0 Å². The number of benzene rings is 1. The number of anilines is 2. The smallest absolute Gasteiger partial charge is 0.416 e. The maximum Gasteiger partial charge on any atom is 0.416 e. The first-order valence-electron chi connectivity index (χ1n) is 11.4. The van der Waals surface area contributed by atoms with E-state index in [9.17, 15) is 27.6 Å². The summed E-state index contributed by atoms with van der Waals surface area (Å²) in [5.74, 6) is -1.39. The molecular formula is C24H22F3N7O4. The van der Waals surface area contributed by atoms with E-state index in [1.165, 1.54) is 31.9 Å². The third-order valence-corrected chi connectivity index (χ3v) is 5.75. The highest BCUT2D eigenvalue weighted by Gasteiger charge is 2.30. The van der Waals surface area contributed by atoms with Gasteiger partial charge < -0.3 is 19.9 Å². The lowest BCUT2D eigenvalue weighted by molar-refractivity contribution is -0.140. The zero-order valence-corrected chi connectivity index (χ0v) is 20.1. The van der Waals surface area contributed by atoms with Gasteiger partial charge in [-0.3, -0.25) is 14.4 Å². The molecule has 3 aromatic rings. The average Bonchev–Trinajstić information content (AvgIpc) is 2.93. The van der Waals surface area contributed by atoms with Gasteiger partial charge in [0.1, 0.15) is 17.7 Å². The number of carbonyl (C=O) groups is 3. The standard InChI is InChI=1S/C24H22F3N7O4/c1-38-19(35)12-15-13-29-23(34-10-8-33(9-11-34)22(37)18-6-7-28-14-30-18)32-20(15)21(36)31-17-4-2-16(3-5-17)24(25,26)27/h2-7,13-14H,8-12H2,1H3,(H,31,36). The summed E-state index contributed by atoms with van der Waals surface area (Å²) in [5.41, 5.74) is -0.408. The molecule has 0 radical (unpaired) electrons. The number of aromatic nitrogens is 4. The van der Waals surface area contributed by atoms with Gasteiger partial charge in [-0.2, -0.15) is 13.2 Å². The van der Waals surface area contributed by atoms with Crippen molar-refractivity contribution in [2.24, 2.45) is 0 Å². The Morgan fingerprint density at radius 1 is 1.03 bits per heavy atom. The number of nitrogens with one attached hydrogen (secondary N) is 1.